The Labute approximate surface area is 139 Å². The third kappa shape index (κ3) is 4.57. The lowest BCUT2D eigenvalue weighted by molar-refractivity contribution is 0.564. The lowest BCUT2D eigenvalue weighted by atomic mass is 10.1. The summed E-state index contributed by atoms with van der Waals surface area (Å²) in [7, 11) is 0. The number of nitrogens with zero attached hydrogens (tertiary/aromatic N) is 1. The maximum atomic E-state index is 13.6. The minimum absolute atomic E-state index is 0.137. The van der Waals surface area contributed by atoms with E-state index in [2.05, 4.69) is 23.0 Å². The van der Waals surface area contributed by atoms with Crippen molar-refractivity contribution in [2.24, 2.45) is 0 Å². The van der Waals surface area contributed by atoms with E-state index in [9.17, 15) is 4.39 Å². The summed E-state index contributed by atoms with van der Waals surface area (Å²) < 4.78 is 16.0. The van der Waals surface area contributed by atoms with Gasteiger partial charge in [0.2, 0.25) is 0 Å². The molecular formula is C20H29FN2. The van der Waals surface area contributed by atoms with Gasteiger partial charge < -0.3 is 9.88 Å². The van der Waals surface area contributed by atoms with Gasteiger partial charge in [0.25, 0.3) is 0 Å². The predicted molar refractivity (Wildman–Crippen MR) is 95.1 cm³/mol. The molecule has 1 fully saturated rings. The van der Waals surface area contributed by atoms with Crippen molar-refractivity contribution in [2.45, 2.75) is 77.4 Å². The molecule has 1 N–H and O–H groups in total. The molecule has 0 spiro atoms. The maximum absolute atomic E-state index is 13.6. The quantitative estimate of drug-likeness (QED) is 0.581. The number of benzene rings is 1. The summed E-state index contributed by atoms with van der Waals surface area (Å²) in [4.78, 5) is 0. The molecule has 0 atom stereocenters. The predicted octanol–water partition coefficient (Wildman–Crippen LogP) is 5.39. The summed E-state index contributed by atoms with van der Waals surface area (Å²) in [6.07, 6.45) is 12.6. The number of hydrogen-bond acceptors (Lipinski definition) is 1. The van der Waals surface area contributed by atoms with Crippen molar-refractivity contribution >= 4 is 10.9 Å². The van der Waals surface area contributed by atoms with Crippen LogP contribution in [-0.4, -0.2) is 10.6 Å². The van der Waals surface area contributed by atoms with Crippen LogP contribution in [0.2, 0.25) is 0 Å². The van der Waals surface area contributed by atoms with Crippen LogP contribution < -0.4 is 5.32 Å². The zero-order chi connectivity index (χ0) is 16.1. The molecule has 3 heteroatoms. The molecule has 1 aliphatic rings. The molecule has 1 saturated carbocycles. The fourth-order valence-electron chi connectivity index (χ4n) is 3.27. The van der Waals surface area contributed by atoms with Gasteiger partial charge in [0.1, 0.15) is 5.82 Å². The van der Waals surface area contributed by atoms with Crippen molar-refractivity contribution in [3.05, 3.63) is 35.8 Å². The molecule has 0 unspecified atom stereocenters. The van der Waals surface area contributed by atoms with Crippen LogP contribution in [0.4, 0.5) is 4.39 Å². The number of nitrogens with one attached hydrogen (secondary N) is 1. The van der Waals surface area contributed by atoms with Gasteiger partial charge in [-0.15, -0.1) is 0 Å². The van der Waals surface area contributed by atoms with Crippen molar-refractivity contribution in [1.29, 1.82) is 0 Å². The largest absolute Gasteiger partial charge is 0.347 e. The van der Waals surface area contributed by atoms with Crippen LogP contribution in [0.15, 0.2) is 24.4 Å². The molecular weight excluding hydrogens is 287 g/mol. The molecule has 2 aromatic rings. The number of fused-ring (bicyclic) bond motifs is 1. The number of hydrogen-bond donors (Lipinski definition) is 1. The van der Waals surface area contributed by atoms with Crippen LogP contribution in [0, 0.1) is 5.82 Å². The second kappa shape index (κ2) is 7.96. The molecule has 1 aliphatic carbocycles. The van der Waals surface area contributed by atoms with Crippen LogP contribution in [0.3, 0.4) is 0 Å². The highest BCUT2D eigenvalue weighted by atomic mass is 19.1. The molecule has 0 aliphatic heterocycles. The summed E-state index contributed by atoms with van der Waals surface area (Å²) in [5.74, 6) is -0.137. The molecule has 0 radical (unpaired) electrons. The maximum Gasteiger partial charge on any atom is 0.123 e. The first kappa shape index (κ1) is 16.5. The zero-order valence-electron chi connectivity index (χ0n) is 14.3. The van der Waals surface area contributed by atoms with Gasteiger partial charge in [0.15, 0.2) is 0 Å². The third-order valence-corrected chi connectivity index (χ3v) is 4.84. The molecule has 3 rings (SSSR count). The molecule has 2 nitrogen and oxygen atoms in total. The van der Waals surface area contributed by atoms with Gasteiger partial charge in [-0.2, -0.15) is 0 Å². The van der Waals surface area contributed by atoms with Crippen molar-refractivity contribution in [3.8, 4) is 0 Å². The Morgan fingerprint density at radius 1 is 1.13 bits per heavy atom. The summed E-state index contributed by atoms with van der Waals surface area (Å²) in [5.41, 5.74) is 2.41. The Hall–Kier alpha value is -1.35. The van der Waals surface area contributed by atoms with Crippen molar-refractivity contribution in [1.82, 2.24) is 9.88 Å². The molecule has 0 amide bonds. The fourth-order valence-corrected chi connectivity index (χ4v) is 3.27. The highest BCUT2D eigenvalue weighted by Crippen LogP contribution is 2.25. The van der Waals surface area contributed by atoms with Gasteiger partial charge in [-0.1, -0.05) is 39.0 Å². The molecule has 0 bridgehead atoms. The Balaban J connectivity index is 1.63. The third-order valence-electron chi connectivity index (χ3n) is 4.84. The van der Waals surface area contributed by atoms with Crippen molar-refractivity contribution in [3.63, 3.8) is 0 Å². The van der Waals surface area contributed by atoms with Crippen molar-refractivity contribution in [2.75, 3.05) is 0 Å². The second-order valence-electron chi connectivity index (χ2n) is 6.93. The normalized spacial score (nSPS) is 14.7. The average molecular weight is 316 g/mol. The minimum Gasteiger partial charge on any atom is -0.347 e. The van der Waals surface area contributed by atoms with Crippen molar-refractivity contribution < 1.29 is 4.39 Å². The standard InChI is InChI=1S/C20H29FN2/c1-2-3-4-5-6-7-12-23-15-16(14-22-18-9-10-18)19-13-17(21)8-11-20(19)23/h8,11,13,15,18,22H,2-7,9-10,12,14H2,1H3. The summed E-state index contributed by atoms with van der Waals surface area (Å²) in [6, 6.07) is 5.89. The Bertz CT molecular complexity index is 628. The summed E-state index contributed by atoms with van der Waals surface area (Å²) in [5, 5.41) is 4.63. The van der Waals surface area contributed by atoms with E-state index in [0.29, 0.717) is 6.04 Å². The number of rotatable bonds is 10. The lowest BCUT2D eigenvalue weighted by Crippen LogP contribution is -2.14. The Morgan fingerprint density at radius 3 is 2.70 bits per heavy atom. The fraction of sp³-hybridized carbons (Fsp3) is 0.600. The summed E-state index contributed by atoms with van der Waals surface area (Å²) >= 11 is 0. The highest BCUT2D eigenvalue weighted by molar-refractivity contribution is 5.84. The van der Waals surface area contributed by atoms with Gasteiger partial charge in [-0.3, -0.25) is 0 Å². The van der Waals surface area contributed by atoms with E-state index in [-0.39, 0.29) is 5.82 Å². The molecule has 1 heterocycles. The van der Waals surface area contributed by atoms with E-state index in [0.717, 1.165) is 18.5 Å². The van der Waals surface area contributed by atoms with E-state index in [1.807, 2.05) is 6.07 Å². The molecule has 1 aromatic heterocycles. The van der Waals surface area contributed by atoms with Gasteiger partial charge in [-0.25, -0.2) is 4.39 Å². The van der Waals surface area contributed by atoms with Gasteiger partial charge >= 0.3 is 0 Å². The number of halogens is 1. The number of unbranched alkanes of at least 4 members (excludes halogenated alkanes) is 5. The van der Waals surface area contributed by atoms with Crippen LogP contribution in [0.5, 0.6) is 0 Å². The van der Waals surface area contributed by atoms with Crippen LogP contribution in [0.1, 0.15) is 63.9 Å². The van der Waals surface area contributed by atoms with E-state index in [1.165, 1.54) is 62.4 Å². The van der Waals surface area contributed by atoms with Crippen LogP contribution in [0.25, 0.3) is 10.9 Å². The number of aromatic nitrogens is 1. The average Bonchev–Trinajstić information content (AvgIpc) is 3.32. The van der Waals surface area contributed by atoms with Gasteiger partial charge in [-0.05, 0) is 43.0 Å². The number of aryl methyl sites for hydroxylation is 1. The smallest absolute Gasteiger partial charge is 0.123 e. The van der Waals surface area contributed by atoms with Crippen LogP contribution >= 0.6 is 0 Å². The molecule has 23 heavy (non-hydrogen) atoms. The molecule has 126 valence electrons. The van der Waals surface area contributed by atoms with Gasteiger partial charge in [0, 0.05) is 36.2 Å². The lowest BCUT2D eigenvalue weighted by Gasteiger charge is -2.05. The summed E-state index contributed by atoms with van der Waals surface area (Å²) in [6.45, 7) is 4.15. The first-order chi connectivity index (χ1) is 11.3. The van der Waals surface area contributed by atoms with E-state index < -0.39 is 0 Å². The monoisotopic (exact) mass is 316 g/mol. The first-order valence-electron chi connectivity index (χ1n) is 9.28. The minimum atomic E-state index is -0.137. The van der Waals surface area contributed by atoms with E-state index in [4.69, 9.17) is 0 Å². The van der Waals surface area contributed by atoms with Crippen LogP contribution in [-0.2, 0) is 13.1 Å². The molecule has 0 saturated heterocycles. The highest BCUT2D eigenvalue weighted by Gasteiger charge is 2.21. The second-order valence-corrected chi connectivity index (χ2v) is 6.93. The van der Waals surface area contributed by atoms with E-state index >= 15 is 0 Å². The van der Waals surface area contributed by atoms with Gasteiger partial charge in [0.05, 0.1) is 0 Å². The topological polar surface area (TPSA) is 17.0 Å². The Kier molecular flexibility index (Phi) is 5.71. The molecule has 1 aromatic carbocycles. The first-order valence-corrected chi connectivity index (χ1v) is 9.28. The zero-order valence-corrected chi connectivity index (χ0v) is 14.3. The SMILES string of the molecule is CCCCCCCCn1cc(CNC2CC2)c2cc(F)ccc21. The Morgan fingerprint density at radius 2 is 1.91 bits per heavy atom. The van der Waals surface area contributed by atoms with E-state index in [1.54, 1.807) is 12.1 Å².